The first-order valence-electron chi connectivity index (χ1n) is 7.13. The average molecular weight is 345 g/mol. The first-order chi connectivity index (χ1) is 9.58. The van der Waals surface area contributed by atoms with Crippen LogP contribution in [0.25, 0.3) is 0 Å². The number of nitrogens with two attached hydrogens (primary N) is 1. The number of nitrogens with one attached hydrogen (secondary N) is 1. The third-order valence-corrected chi connectivity index (χ3v) is 4.49. The van der Waals surface area contributed by atoms with E-state index in [1.807, 2.05) is 0 Å². The lowest BCUT2D eigenvalue weighted by Crippen LogP contribution is -2.52. The Labute approximate surface area is 128 Å². The van der Waals surface area contributed by atoms with Crippen molar-refractivity contribution in [2.45, 2.75) is 44.2 Å². The number of rotatable bonds is 5. The number of hydrogen-bond donors (Lipinski definition) is 2. The molecule has 112 valence electrons. The van der Waals surface area contributed by atoms with Crippen molar-refractivity contribution in [1.82, 2.24) is 0 Å². The van der Waals surface area contributed by atoms with Crippen molar-refractivity contribution in [3.8, 4) is 0 Å². The zero-order chi connectivity index (χ0) is 14.6. The largest absolute Gasteiger partial charge is 0.378 e. The average Bonchev–Trinajstić information content (AvgIpc) is 2.44. The normalized spacial score (nSPS) is 26.5. The maximum absolute atomic E-state index is 13.3. The summed E-state index contributed by atoms with van der Waals surface area (Å²) >= 11 is 3.22. The van der Waals surface area contributed by atoms with Crippen LogP contribution in [0.3, 0.4) is 0 Å². The van der Waals surface area contributed by atoms with E-state index >= 15 is 0 Å². The fraction of sp³-hybridized carbons (Fsp3) is 0.600. The molecule has 2 unspecified atom stereocenters. The van der Waals surface area contributed by atoms with Gasteiger partial charge in [0.15, 0.2) is 0 Å². The van der Waals surface area contributed by atoms with E-state index in [0.29, 0.717) is 11.0 Å². The summed E-state index contributed by atoms with van der Waals surface area (Å²) in [7, 11) is 0. The smallest absolute Gasteiger partial charge is 0.137 e. The molecule has 0 radical (unpaired) electrons. The molecule has 1 aliphatic heterocycles. The van der Waals surface area contributed by atoms with E-state index in [4.69, 9.17) is 10.5 Å². The molecule has 0 aromatic heterocycles. The summed E-state index contributed by atoms with van der Waals surface area (Å²) < 4.78 is 19.6. The Morgan fingerprint density at radius 1 is 1.55 bits per heavy atom. The van der Waals surface area contributed by atoms with Gasteiger partial charge in [-0.25, -0.2) is 4.39 Å². The Morgan fingerprint density at radius 2 is 2.35 bits per heavy atom. The van der Waals surface area contributed by atoms with Gasteiger partial charge in [0.2, 0.25) is 0 Å². The van der Waals surface area contributed by atoms with Gasteiger partial charge in [0.25, 0.3) is 0 Å². The molecule has 1 heterocycles. The van der Waals surface area contributed by atoms with Crippen LogP contribution in [-0.4, -0.2) is 24.8 Å². The molecule has 1 aromatic rings. The molecule has 2 rings (SSSR count). The van der Waals surface area contributed by atoms with Crippen LogP contribution in [0.1, 0.15) is 32.6 Å². The number of hydrogen-bond acceptors (Lipinski definition) is 3. The minimum Gasteiger partial charge on any atom is -0.378 e. The Hall–Kier alpha value is -0.650. The van der Waals surface area contributed by atoms with Gasteiger partial charge >= 0.3 is 0 Å². The Kier molecular flexibility index (Phi) is 5.41. The molecular formula is C15H22BrFN2O. The molecule has 0 amide bonds. The van der Waals surface area contributed by atoms with Crippen molar-refractivity contribution in [2.75, 3.05) is 18.5 Å². The summed E-state index contributed by atoms with van der Waals surface area (Å²) in [5.74, 6) is -0.256. The molecule has 3 N–H and O–H groups in total. The van der Waals surface area contributed by atoms with Crippen molar-refractivity contribution < 1.29 is 9.13 Å². The summed E-state index contributed by atoms with van der Waals surface area (Å²) in [6.45, 7) is 3.43. The van der Waals surface area contributed by atoms with Crippen molar-refractivity contribution in [2.24, 2.45) is 5.73 Å². The zero-order valence-corrected chi connectivity index (χ0v) is 13.4. The number of benzene rings is 1. The van der Waals surface area contributed by atoms with Crippen LogP contribution >= 0.6 is 15.9 Å². The van der Waals surface area contributed by atoms with Crippen LogP contribution in [0.4, 0.5) is 10.1 Å². The Balaban J connectivity index is 2.12. The lowest BCUT2D eigenvalue weighted by atomic mass is 9.85. The Morgan fingerprint density at radius 3 is 3.00 bits per heavy atom. The maximum atomic E-state index is 13.3. The lowest BCUT2D eigenvalue weighted by Gasteiger charge is -2.41. The maximum Gasteiger partial charge on any atom is 0.137 e. The standard InChI is InChI=1S/C15H22BrFN2O/c1-2-3-12-9-15(10-18,6-7-20-12)19-11-4-5-14(17)13(16)8-11/h4-5,8,12,19H,2-3,6-7,9-10,18H2,1H3. The van der Waals surface area contributed by atoms with Gasteiger partial charge in [0.1, 0.15) is 5.82 Å². The second kappa shape index (κ2) is 6.87. The Bertz CT molecular complexity index is 455. The molecule has 1 fully saturated rings. The molecule has 1 saturated heterocycles. The predicted octanol–water partition coefficient (Wildman–Crippen LogP) is 3.68. The van der Waals surface area contributed by atoms with E-state index in [9.17, 15) is 4.39 Å². The van der Waals surface area contributed by atoms with Gasteiger partial charge in [-0.3, -0.25) is 0 Å². The van der Waals surface area contributed by atoms with Crippen LogP contribution in [0.2, 0.25) is 0 Å². The zero-order valence-electron chi connectivity index (χ0n) is 11.8. The van der Waals surface area contributed by atoms with Crippen LogP contribution in [0.5, 0.6) is 0 Å². The van der Waals surface area contributed by atoms with Gasteiger partial charge in [-0.15, -0.1) is 0 Å². The minimum absolute atomic E-state index is 0.157. The quantitative estimate of drug-likeness (QED) is 0.856. The second-order valence-electron chi connectivity index (χ2n) is 5.47. The van der Waals surface area contributed by atoms with Crippen molar-refractivity contribution >= 4 is 21.6 Å². The molecule has 2 atom stereocenters. The first-order valence-corrected chi connectivity index (χ1v) is 7.93. The highest BCUT2D eigenvalue weighted by molar-refractivity contribution is 9.10. The molecule has 1 aliphatic rings. The summed E-state index contributed by atoms with van der Waals surface area (Å²) in [5, 5.41) is 3.50. The monoisotopic (exact) mass is 344 g/mol. The molecule has 3 nitrogen and oxygen atoms in total. The molecule has 0 aliphatic carbocycles. The van der Waals surface area contributed by atoms with Gasteiger partial charge in [-0.2, -0.15) is 0 Å². The number of anilines is 1. The molecule has 0 bridgehead atoms. The topological polar surface area (TPSA) is 47.3 Å². The van der Waals surface area contributed by atoms with E-state index in [1.54, 1.807) is 12.1 Å². The highest BCUT2D eigenvalue weighted by atomic mass is 79.9. The third kappa shape index (κ3) is 3.71. The first kappa shape index (κ1) is 15.7. The van der Waals surface area contributed by atoms with Gasteiger partial charge in [0, 0.05) is 18.8 Å². The van der Waals surface area contributed by atoms with E-state index in [0.717, 1.165) is 38.0 Å². The van der Waals surface area contributed by atoms with Crippen molar-refractivity contribution in [3.05, 3.63) is 28.5 Å². The fourth-order valence-corrected chi connectivity index (χ4v) is 3.13. The third-order valence-electron chi connectivity index (χ3n) is 3.88. The molecule has 1 aromatic carbocycles. The van der Waals surface area contributed by atoms with E-state index < -0.39 is 0 Å². The second-order valence-corrected chi connectivity index (χ2v) is 6.33. The highest BCUT2D eigenvalue weighted by Gasteiger charge is 2.35. The number of ether oxygens (including phenoxy) is 1. The SMILES string of the molecule is CCCC1CC(CN)(Nc2ccc(F)c(Br)c2)CCO1. The van der Waals surface area contributed by atoms with Gasteiger partial charge in [0.05, 0.1) is 16.1 Å². The van der Waals surface area contributed by atoms with E-state index in [-0.39, 0.29) is 17.5 Å². The van der Waals surface area contributed by atoms with E-state index in [1.165, 1.54) is 6.07 Å². The molecule has 20 heavy (non-hydrogen) atoms. The summed E-state index contributed by atoms with van der Waals surface area (Å²) in [5.41, 5.74) is 6.74. The van der Waals surface area contributed by atoms with Gasteiger partial charge in [-0.05, 0) is 53.4 Å². The van der Waals surface area contributed by atoms with Crippen molar-refractivity contribution in [1.29, 1.82) is 0 Å². The van der Waals surface area contributed by atoms with E-state index in [2.05, 4.69) is 28.2 Å². The van der Waals surface area contributed by atoms with Gasteiger partial charge in [-0.1, -0.05) is 13.3 Å². The van der Waals surface area contributed by atoms with Gasteiger partial charge < -0.3 is 15.8 Å². The molecule has 0 saturated carbocycles. The lowest BCUT2D eigenvalue weighted by molar-refractivity contribution is -0.0155. The molecule has 5 heteroatoms. The van der Waals surface area contributed by atoms with Crippen LogP contribution in [-0.2, 0) is 4.74 Å². The van der Waals surface area contributed by atoms with Crippen LogP contribution < -0.4 is 11.1 Å². The van der Waals surface area contributed by atoms with Crippen molar-refractivity contribution in [3.63, 3.8) is 0 Å². The van der Waals surface area contributed by atoms with Crippen LogP contribution in [0, 0.1) is 5.82 Å². The predicted molar refractivity (Wildman–Crippen MR) is 83.4 cm³/mol. The molecular weight excluding hydrogens is 323 g/mol. The number of halogens is 2. The highest BCUT2D eigenvalue weighted by Crippen LogP contribution is 2.31. The van der Waals surface area contributed by atoms with Crippen LogP contribution in [0.15, 0.2) is 22.7 Å². The fourth-order valence-electron chi connectivity index (χ4n) is 2.76. The molecule has 0 spiro atoms. The summed E-state index contributed by atoms with van der Waals surface area (Å²) in [6.07, 6.45) is 4.18. The minimum atomic E-state index is -0.256. The summed E-state index contributed by atoms with van der Waals surface area (Å²) in [6, 6.07) is 4.97. The summed E-state index contributed by atoms with van der Waals surface area (Å²) in [4.78, 5) is 0.